The van der Waals surface area contributed by atoms with Crippen molar-refractivity contribution in [2.24, 2.45) is 0 Å². The van der Waals surface area contributed by atoms with Crippen LogP contribution in [-0.2, 0) is 16.1 Å². The number of carbonyl (C=O) groups is 3. The Kier molecular flexibility index (Phi) is 5.27. The molecule has 30 heavy (non-hydrogen) atoms. The summed E-state index contributed by atoms with van der Waals surface area (Å²) in [6.07, 6.45) is 1.82. The summed E-state index contributed by atoms with van der Waals surface area (Å²) >= 11 is 1.58. The van der Waals surface area contributed by atoms with Crippen molar-refractivity contribution in [2.45, 2.75) is 50.6 Å². The molecule has 0 saturated carbocycles. The van der Waals surface area contributed by atoms with Crippen molar-refractivity contribution < 1.29 is 14.4 Å². The van der Waals surface area contributed by atoms with Crippen LogP contribution in [0.1, 0.15) is 43.6 Å². The van der Waals surface area contributed by atoms with Crippen LogP contribution in [0.15, 0.2) is 29.1 Å². The zero-order valence-electron chi connectivity index (χ0n) is 16.8. The molecular formula is C20H23N5O4S. The van der Waals surface area contributed by atoms with E-state index in [0.717, 1.165) is 0 Å². The van der Waals surface area contributed by atoms with Crippen molar-refractivity contribution in [1.29, 1.82) is 0 Å². The number of hydrogen-bond donors (Lipinski definition) is 2. The predicted molar refractivity (Wildman–Crippen MR) is 113 cm³/mol. The van der Waals surface area contributed by atoms with Gasteiger partial charge < -0.3 is 4.90 Å². The van der Waals surface area contributed by atoms with Gasteiger partial charge in [0.2, 0.25) is 5.91 Å². The van der Waals surface area contributed by atoms with Gasteiger partial charge in [-0.15, -0.1) is 11.8 Å². The summed E-state index contributed by atoms with van der Waals surface area (Å²) in [4.78, 5) is 51.5. The summed E-state index contributed by atoms with van der Waals surface area (Å²) in [7, 11) is 0. The molecule has 0 unspecified atom stereocenters. The molecule has 0 aliphatic carbocycles. The molecule has 0 bridgehead atoms. The molecule has 10 heteroatoms. The summed E-state index contributed by atoms with van der Waals surface area (Å²) in [5.41, 5.74) is 4.63. The first-order valence-electron chi connectivity index (χ1n) is 9.92. The van der Waals surface area contributed by atoms with E-state index in [9.17, 15) is 19.2 Å². The zero-order valence-corrected chi connectivity index (χ0v) is 17.6. The number of amides is 3. The second kappa shape index (κ2) is 7.75. The molecule has 1 aromatic carbocycles. The summed E-state index contributed by atoms with van der Waals surface area (Å²) in [6, 6.07) is 6.12. The van der Waals surface area contributed by atoms with Gasteiger partial charge in [-0.2, -0.15) is 5.10 Å². The van der Waals surface area contributed by atoms with E-state index in [4.69, 9.17) is 0 Å². The second-order valence-electron chi connectivity index (χ2n) is 7.63. The van der Waals surface area contributed by atoms with E-state index in [1.165, 1.54) is 4.68 Å². The molecule has 4 rings (SSSR count). The van der Waals surface area contributed by atoms with Gasteiger partial charge >= 0.3 is 0 Å². The normalized spacial score (nSPS) is 22.9. The Hall–Kier alpha value is -2.88. The third-order valence-electron chi connectivity index (χ3n) is 5.56. The highest BCUT2D eigenvalue weighted by Crippen LogP contribution is 2.47. The summed E-state index contributed by atoms with van der Waals surface area (Å²) in [5.74, 6) is -0.633. The molecule has 158 valence electrons. The maximum absolute atomic E-state index is 12.8. The molecular weight excluding hydrogens is 406 g/mol. The van der Waals surface area contributed by atoms with Crippen LogP contribution >= 0.6 is 11.8 Å². The van der Waals surface area contributed by atoms with Crippen LogP contribution in [0.25, 0.3) is 10.8 Å². The number of thioether (sulfide) groups is 1. The lowest BCUT2D eigenvalue weighted by Gasteiger charge is -2.29. The Morgan fingerprint density at radius 1 is 1.23 bits per heavy atom. The number of nitrogens with zero attached hydrogens (tertiary/aromatic N) is 3. The van der Waals surface area contributed by atoms with Crippen LogP contribution in [-0.4, -0.2) is 49.1 Å². The van der Waals surface area contributed by atoms with Crippen LogP contribution in [0.5, 0.6) is 0 Å². The minimum absolute atomic E-state index is 0.0479. The third kappa shape index (κ3) is 3.34. The van der Waals surface area contributed by atoms with E-state index < -0.39 is 17.9 Å². The van der Waals surface area contributed by atoms with E-state index in [-0.39, 0.29) is 22.0 Å². The number of hydrazine groups is 1. The molecule has 2 N–H and O–H groups in total. The average Bonchev–Trinajstić information content (AvgIpc) is 3.24. The van der Waals surface area contributed by atoms with Gasteiger partial charge in [-0.3, -0.25) is 30.0 Å². The Morgan fingerprint density at radius 3 is 2.70 bits per heavy atom. The number of rotatable bonds is 4. The first-order valence-corrected chi connectivity index (χ1v) is 10.9. The lowest BCUT2D eigenvalue weighted by atomic mass is 10.1. The van der Waals surface area contributed by atoms with Crippen LogP contribution in [0.2, 0.25) is 0 Å². The fourth-order valence-electron chi connectivity index (χ4n) is 4.04. The van der Waals surface area contributed by atoms with Gasteiger partial charge in [-0.1, -0.05) is 25.1 Å². The van der Waals surface area contributed by atoms with E-state index in [2.05, 4.69) is 16.0 Å². The maximum Gasteiger partial charge on any atom is 0.290 e. The Balaban J connectivity index is 1.54. The highest BCUT2D eigenvalue weighted by atomic mass is 32.2. The fraction of sp³-hybridized carbons (Fsp3) is 0.450. The number of carbonyl (C=O) groups excluding carboxylic acids is 3. The van der Waals surface area contributed by atoms with Crippen molar-refractivity contribution in [1.82, 2.24) is 25.5 Å². The topological polar surface area (TPSA) is 113 Å². The Labute approximate surface area is 177 Å². The second-order valence-corrected chi connectivity index (χ2v) is 9.13. The number of aromatic nitrogens is 2. The van der Waals surface area contributed by atoms with E-state index >= 15 is 0 Å². The molecule has 0 radical (unpaired) electrons. The fourth-order valence-corrected chi connectivity index (χ4v) is 5.47. The highest BCUT2D eigenvalue weighted by Gasteiger charge is 2.52. The molecule has 3 amide bonds. The van der Waals surface area contributed by atoms with Gasteiger partial charge in [0.25, 0.3) is 17.4 Å². The third-order valence-corrected chi connectivity index (χ3v) is 7.07. The van der Waals surface area contributed by atoms with E-state index in [1.807, 2.05) is 13.8 Å². The lowest BCUT2D eigenvalue weighted by Crippen LogP contribution is -2.54. The lowest BCUT2D eigenvalue weighted by molar-refractivity contribution is -0.138. The van der Waals surface area contributed by atoms with Gasteiger partial charge in [-0.25, -0.2) is 4.68 Å². The van der Waals surface area contributed by atoms with Crippen molar-refractivity contribution in [2.75, 3.05) is 5.75 Å². The predicted octanol–water partition coefficient (Wildman–Crippen LogP) is 1.02. The maximum atomic E-state index is 12.8. The first kappa shape index (κ1) is 20.4. The summed E-state index contributed by atoms with van der Waals surface area (Å²) in [5, 5.41) is 5.02. The van der Waals surface area contributed by atoms with Gasteiger partial charge in [0.1, 0.15) is 6.04 Å². The first-order chi connectivity index (χ1) is 14.4. The van der Waals surface area contributed by atoms with Gasteiger partial charge in [-0.05, 0) is 25.8 Å². The minimum atomic E-state index is -0.631. The number of benzene rings is 1. The van der Waals surface area contributed by atoms with Crippen molar-refractivity contribution in [3.8, 4) is 0 Å². The Morgan fingerprint density at radius 2 is 1.97 bits per heavy atom. The summed E-state index contributed by atoms with van der Waals surface area (Å²) in [6.45, 7) is 4.25. The molecule has 2 atom stereocenters. The van der Waals surface area contributed by atoms with Crippen molar-refractivity contribution >= 4 is 40.3 Å². The van der Waals surface area contributed by atoms with Crippen LogP contribution in [0, 0.1) is 0 Å². The van der Waals surface area contributed by atoms with Crippen molar-refractivity contribution in [3.05, 3.63) is 40.3 Å². The van der Waals surface area contributed by atoms with Crippen LogP contribution < -0.4 is 16.4 Å². The molecule has 2 aliphatic heterocycles. The molecule has 2 aromatic rings. The van der Waals surface area contributed by atoms with Crippen LogP contribution in [0.3, 0.4) is 0 Å². The molecule has 2 aliphatic rings. The molecule has 0 spiro atoms. The van der Waals surface area contributed by atoms with Crippen LogP contribution in [0.4, 0.5) is 0 Å². The number of aryl methyl sites for hydroxylation is 1. The quantitative estimate of drug-likeness (QED) is 0.702. The highest BCUT2D eigenvalue weighted by molar-refractivity contribution is 8.01. The Bertz CT molecular complexity index is 1100. The number of fused-ring (bicyclic) bond motifs is 2. The number of nitrogens with one attached hydrogen (secondary N) is 2. The summed E-state index contributed by atoms with van der Waals surface area (Å²) < 4.78 is 1.26. The molecule has 2 saturated heterocycles. The smallest absolute Gasteiger partial charge is 0.290 e. The van der Waals surface area contributed by atoms with Gasteiger partial charge in [0.05, 0.1) is 10.3 Å². The van der Waals surface area contributed by atoms with Gasteiger partial charge in [0, 0.05) is 24.1 Å². The van der Waals surface area contributed by atoms with E-state index in [0.29, 0.717) is 42.3 Å². The van der Waals surface area contributed by atoms with Crippen molar-refractivity contribution in [3.63, 3.8) is 0 Å². The van der Waals surface area contributed by atoms with Gasteiger partial charge in [0.15, 0.2) is 5.69 Å². The molecule has 2 fully saturated rings. The SMILES string of the molecule is CCCn1nc(C(=O)NNC(=O)[C@H]2CS[C@@]3(C)CCC(=O)N23)c2ccccc2c1=O. The standard InChI is InChI=1S/C20H23N5O4S/c1-3-10-24-19(29)13-7-5-4-6-12(13)16(23-24)18(28)22-21-17(27)14-11-30-20(2)9-8-15(26)25(14)20/h4-7,14H,3,8-11H2,1-2H3,(H,21,27)(H,22,28)/t14-,20+/m1/s1. The largest absolute Gasteiger partial charge is 0.315 e. The van der Waals surface area contributed by atoms with E-state index in [1.54, 1.807) is 40.9 Å². The molecule has 9 nitrogen and oxygen atoms in total. The number of hydrogen-bond acceptors (Lipinski definition) is 6. The zero-order chi connectivity index (χ0) is 21.5. The molecule has 1 aromatic heterocycles. The molecule has 3 heterocycles. The minimum Gasteiger partial charge on any atom is -0.315 e. The average molecular weight is 430 g/mol. The monoisotopic (exact) mass is 429 g/mol.